The van der Waals surface area contributed by atoms with Gasteiger partial charge in [0.15, 0.2) is 0 Å². The van der Waals surface area contributed by atoms with E-state index in [-0.39, 0.29) is 11.3 Å². The lowest BCUT2D eigenvalue weighted by Crippen LogP contribution is -2.17. The van der Waals surface area contributed by atoms with Gasteiger partial charge in [0.1, 0.15) is 5.56 Å². The van der Waals surface area contributed by atoms with Crippen LogP contribution in [-0.4, -0.2) is 22.5 Å². The van der Waals surface area contributed by atoms with E-state index in [0.717, 1.165) is 13.0 Å². The van der Waals surface area contributed by atoms with Crippen molar-refractivity contribution in [2.45, 2.75) is 19.9 Å². The van der Waals surface area contributed by atoms with E-state index in [9.17, 15) is 14.9 Å². The molecule has 0 spiro atoms. The molecule has 0 bridgehead atoms. The second-order valence-corrected chi connectivity index (χ2v) is 3.55. The molecule has 0 radical (unpaired) electrons. The van der Waals surface area contributed by atoms with Gasteiger partial charge in [-0.25, -0.2) is 4.79 Å². The maximum atomic E-state index is 11.0. The first-order valence-electron chi connectivity index (χ1n) is 5.28. The molecule has 1 aromatic rings. The summed E-state index contributed by atoms with van der Waals surface area (Å²) in [5, 5.41) is 22.8. The predicted molar refractivity (Wildman–Crippen MR) is 62.1 cm³/mol. The van der Waals surface area contributed by atoms with Crippen molar-refractivity contribution < 1.29 is 14.8 Å². The smallest absolute Gasteiger partial charge is 0.343 e. The first-order chi connectivity index (χ1) is 8.07. The minimum absolute atomic E-state index is 0.235. The second-order valence-electron chi connectivity index (χ2n) is 3.55. The number of nitrogens with one attached hydrogen (secondary N) is 1. The molecule has 17 heavy (non-hydrogen) atoms. The summed E-state index contributed by atoms with van der Waals surface area (Å²) in [5.41, 5.74) is -0.172. The van der Waals surface area contributed by atoms with Crippen molar-refractivity contribution in [2.24, 2.45) is 0 Å². The molecule has 0 saturated carbocycles. The van der Waals surface area contributed by atoms with Crippen molar-refractivity contribution in [1.82, 2.24) is 5.32 Å². The van der Waals surface area contributed by atoms with Crippen molar-refractivity contribution in [1.29, 1.82) is 0 Å². The van der Waals surface area contributed by atoms with E-state index >= 15 is 0 Å². The van der Waals surface area contributed by atoms with E-state index in [0.29, 0.717) is 12.1 Å². The van der Waals surface area contributed by atoms with E-state index in [4.69, 9.17) is 5.11 Å². The van der Waals surface area contributed by atoms with Crippen molar-refractivity contribution in [2.75, 3.05) is 6.54 Å². The fraction of sp³-hybridized carbons (Fsp3) is 0.364. The Bertz CT molecular complexity index is 431. The number of nitro benzene ring substituents is 1. The summed E-state index contributed by atoms with van der Waals surface area (Å²) in [6.07, 6.45) is 0.914. The molecule has 1 rings (SSSR count). The normalized spacial score (nSPS) is 10.2. The van der Waals surface area contributed by atoms with E-state index in [2.05, 4.69) is 5.32 Å². The maximum absolute atomic E-state index is 11.0. The summed E-state index contributed by atoms with van der Waals surface area (Å²) < 4.78 is 0. The topological polar surface area (TPSA) is 92.5 Å². The van der Waals surface area contributed by atoms with Gasteiger partial charge in [0.25, 0.3) is 5.69 Å². The first-order valence-corrected chi connectivity index (χ1v) is 5.28. The lowest BCUT2D eigenvalue weighted by Gasteiger charge is -2.07. The fourth-order valence-electron chi connectivity index (χ4n) is 1.53. The number of nitro groups is 1. The minimum atomic E-state index is -1.27. The van der Waals surface area contributed by atoms with Crippen LogP contribution in [0.4, 0.5) is 5.69 Å². The van der Waals surface area contributed by atoms with Crippen LogP contribution in [0.25, 0.3) is 0 Å². The number of carboxylic acid groups (broad SMARTS) is 1. The molecule has 2 N–H and O–H groups in total. The number of carboxylic acids is 1. The Labute approximate surface area is 98.4 Å². The average molecular weight is 238 g/mol. The number of rotatable bonds is 6. The molecule has 6 nitrogen and oxygen atoms in total. The van der Waals surface area contributed by atoms with Crippen LogP contribution in [0.15, 0.2) is 18.2 Å². The summed E-state index contributed by atoms with van der Waals surface area (Å²) in [6, 6.07) is 4.28. The van der Waals surface area contributed by atoms with Crippen LogP contribution in [0.1, 0.15) is 29.3 Å². The highest BCUT2D eigenvalue weighted by Gasteiger charge is 2.22. The van der Waals surface area contributed by atoms with Crippen LogP contribution in [-0.2, 0) is 6.54 Å². The van der Waals surface area contributed by atoms with Gasteiger partial charge in [0.05, 0.1) is 4.92 Å². The summed E-state index contributed by atoms with van der Waals surface area (Å²) in [5.74, 6) is -1.27. The third-order valence-corrected chi connectivity index (χ3v) is 2.28. The minimum Gasteiger partial charge on any atom is -0.477 e. The Hall–Kier alpha value is -1.95. The van der Waals surface area contributed by atoms with Gasteiger partial charge >= 0.3 is 5.97 Å². The van der Waals surface area contributed by atoms with Gasteiger partial charge in [-0.2, -0.15) is 0 Å². The standard InChI is InChI=1S/C11H14N2O4/c1-2-6-12-7-8-4-3-5-9(13(16)17)10(8)11(14)15/h3-5,12H,2,6-7H2,1H3,(H,14,15). The number of aromatic carboxylic acids is 1. The molecule has 1 aromatic carbocycles. The van der Waals surface area contributed by atoms with Crippen molar-refractivity contribution in [3.05, 3.63) is 39.4 Å². The van der Waals surface area contributed by atoms with E-state index in [1.807, 2.05) is 6.92 Å². The van der Waals surface area contributed by atoms with Gasteiger partial charge in [-0.15, -0.1) is 0 Å². The highest BCUT2D eigenvalue weighted by atomic mass is 16.6. The van der Waals surface area contributed by atoms with Crippen molar-refractivity contribution in [3.8, 4) is 0 Å². The Morgan fingerprint density at radius 2 is 2.24 bits per heavy atom. The Balaban J connectivity index is 3.07. The van der Waals surface area contributed by atoms with Crippen LogP contribution in [0.2, 0.25) is 0 Å². The van der Waals surface area contributed by atoms with Crippen LogP contribution >= 0.6 is 0 Å². The molecule has 0 amide bonds. The lowest BCUT2D eigenvalue weighted by molar-refractivity contribution is -0.385. The largest absolute Gasteiger partial charge is 0.477 e. The highest BCUT2D eigenvalue weighted by Crippen LogP contribution is 2.22. The summed E-state index contributed by atoms with van der Waals surface area (Å²) >= 11 is 0. The molecule has 0 aliphatic carbocycles. The zero-order chi connectivity index (χ0) is 12.8. The molecule has 0 saturated heterocycles. The first kappa shape index (κ1) is 13.1. The van der Waals surface area contributed by atoms with Gasteiger partial charge in [-0.3, -0.25) is 10.1 Å². The SMILES string of the molecule is CCCNCc1cccc([N+](=O)[O-])c1C(=O)O. The number of nitrogens with zero attached hydrogens (tertiary/aromatic N) is 1. The van der Waals surface area contributed by atoms with Crippen LogP contribution < -0.4 is 5.32 Å². The molecule has 0 aliphatic heterocycles. The quantitative estimate of drug-likeness (QED) is 0.447. The number of hydrogen-bond donors (Lipinski definition) is 2. The van der Waals surface area contributed by atoms with Crippen molar-refractivity contribution in [3.63, 3.8) is 0 Å². The molecule has 6 heteroatoms. The molecule has 0 aromatic heterocycles. The Kier molecular flexibility index (Phi) is 4.59. The zero-order valence-electron chi connectivity index (χ0n) is 9.47. The highest BCUT2D eigenvalue weighted by molar-refractivity contribution is 5.94. The summed E-state index contributed by atoms with van der Waals surface area (Å²) in [6.45, 7) is 3.04. The molecule has 0 heterocycles. The van der Waals surface area contributed by atoms with Crippen LogP contribution in [0.3, 0.4) is 0 Å². The Morgan fingerprint density at radius 1 is 1.53 bits per heavy atom. The maximum Gasteiger partial charge on any atom is 0.343 e. The summed E-state index contributed by atoms with van der Waals surface area (Å²) in [4.78, 5) is 21.1. The number of benzene rings is 1. The third kappa shape index (κ3) is 3.25. The van der Waals surface area contributed by atoms with E-state index in [1.165, 1.54) is 12.1 Å². The van der Waals surface area contributed by atoms with Gasteiger partial charge in [-0.05, 0) is 18.5 Å². The lowest BCUT2D eigenvalue weighted by atomic mass is 10.1. The molecule has 0 fully saturated rings. The fourth-order valence-corrected chi connectivity index (χ4v) is 1.53. The second kappa shape index (κ2) is 5.95. The van der Waals surface area contributed by atoms with Gasteiger partial charge < -0.3 is 10.4 Å². The molecule has 0 unspecified atom stereocenters. The molecular weight excluding hydrogens is 224 g/mol. The third-order valence-electron chi connectivity index (χ3n) is 2.28. The monoisotopic (exact) mass is 238 g/mol. The summed E-state index contributed by atoms with van der Waals surface area (Å²) in [7, 11) is 0. The van der Waals surface area contributed by atoms with E-state index < -0.39 is 10.9 Å². The average Bonchev–Trinajstić information content (AvgIpc) is 2.28. The molecule has 0 atom stereocenters. The number of hydrogen-bond acceptors (Lipinski definition) is 4. The van der Waals surface area contributed by atoms with Crippen LogP contribution in [0, 0.1) is 10.1 Å². The van der Waals surface area contributed by atoms with Crippen molar-refractivity contribution >= 4 is 11.7 Å². The predicted octanol–water partition coefficient (Wildman–Crippen LogP) is 1.79. The Morgan fingerprint density at radius 3 is 2.76 bits per heavy atom. The number of carbonyl (C=O) groups is 1. The van der Waals surface area contributed by atoms with Gasteiger partial charge in [-0.1, -0.05) is 19.1 Å². The molecular formula is C11H14N2O4. The molecule has 92 valence electrons. The van der Waals surface area contributed by atoms with Crippen LogP contribution in [0.5, 0.6) is 0 Å². The van der Waals surface area contributed by atoms with E-state index in [1.54, 1.807) is 6.07 Å². The molecule has 0 aliphatic rings. The van der Waals surface area contributed by atoms with Gasteiger partial charge in [0, 0.05) is 12.6 Å². The zero-order valence-corrected chi connectivity index (χ0v) is 9.47. The van der Waals surface area contributed by atoms with Gasteiger partial charge in [0.2, 0.25) is 0 Å².